The Bertz CT molecular complexity index is 598. The minimum atomic E-state index is -0.407. The summed E-state index contributed by atoms with van der Waals surface area (Å²) in [5, 5.41) is 3.44. The number of benzene rings is 1. The Labute approximate surface area is 110 Å². The Hall–Kier alpha value is -1.45. The summed E-state index contributed by atoms with van der Waals surface area (Å²) >= 11 is 5.68. The molecule has 4 heteroatoms. The monoisotopic (exact) mass is 262 g/mol. The maximum atomic E-state index is 13.4. The maximum Gasteiger partial charge on any atom is 0.142 e. The summed E-state index contributed by atoms with van der Waals surface area (Å²) in [6, 6.07) is 8.76. The molecule has 18 heavy (non-hydrogen) atoms. The van der Waals surface area contributed by atoms with E-state index in [-0.39, 0.29) is 5.02 Å². The summed E-state index contributed by atoms with van der Waals surface area (Å²) in [6.45, 7) is 1.80. The van der Waals surface area contributed by atoms with Gasteiger partial charge in [-0.3, -0.25) is 4.98 Å². The van der Waals surface area contributed by atoms with Crippen molar-refractivity contribution in [3.05, 3.63) is 52.4 Å². The van der Waals surface area contributed by atoms with Crippen molar-refractivity contribution in [3.8, 4) is 11.3 Å². The zero-order valence-electron chi connectivity index (χ0n) is 9.71. The second kappa shape index (κ2) is 4.67. The van der Waals surface area contributed by atoms with Crippen molar-refractivity contribution in [2.24, 2.45) is 0 Å². The van der Waals surface area contributed by atoms with E-state index in [0.29, 0.717) is 0 Å². The zero-order valence-corrected chi connectivity index (χ0v) is 10.5. The van der Waals surface area contributed by atoms with E-state index < -0.39 is 5.82 Å². The lowest BCUT2D eigenvalue weighted by molar-refractivity contribution is 0.627. The van der Waals surface area contributed by atoms with Crippen LogP contribution >= 0.6 is 11.6 Å². The van der Waals surface area contributed by atoms with Gasteiger partial charge in [-0.25, -0.2) is 4.39 Å². The Morgan fingerprint density at radius 2 is 2.11 bits per heavy atom. The van der Waals surface area contributed by atoms with Gasteiger partial charge in [0.1, 0.15) is 5.82 Å². The number of aromatic nitrogens is 1. The summed E-state index contributed by atoms with van der Waals surface area (Å²) in [5.41, 5.74) is 3.88. The van der Waals surface area contributed by atoms with Gasteiger partial charge in [0.05, 0.1) is 10.7 Å². The first kappa shape index (κ1) is 11.6. The minimum Gasteiger partial charge on any atom is -0.312 e. The van der Waals surface area contributed by atoms with Crippen LogP contribution < -0.4 is 5.32 Å². The molecule has 0 bridgehead atoms. The Morgan fingerprint density at radius 1 is 1.22 bits per heavy atom. The summed E-state index contributed by atoms with van der Waals surface area (Å²) in [6.07, 6.45) is 0.916. The van der Waals surface area contributed by atoms with Crippen molar-refractivity contribution >= 4 is 11.6 Å². The van der Waals surface area contributed by atoms with Gasteiger partial charge < -0.3 is 5.32 Å². The van der Waals surface area contributed by atoms with Crippen LogP contribution in [0.4, 0.5) is 4.39 Å². The number of fused-ring (bicyclic) bond motifs is 1. The van der Waals surface area contributed by atoms with Gasteiger partial charge in [0.25, 0.3) is 0 Å². The fraction of sp³-hybridized carbons (Fsp3) is 0.214. The van der Waals surface area contributed by atoms with E-state index in [1.807, 2.05) is 6.07 Å². The van der Waals surface area contributed by atoms with Gasteiger partial charge in [-0.05, 0) is 23.8 Å². The quantitative estimate of drug-likeness (QED) is 0.854. The molecule has 0 unspecified atom stereocenters. The highest BCUT2D eigenvalue weighted by atomic mass is 35.5. The smallest absolute Gasteiger partial charge is 0.142 e. The van der Waals surface area contributed by atoms with Crippen LogP contribution in [0.25, 0.3) is 11.3 Å². The largest absolute Gasteiger partial charge is 0.312 e. The molecule has 0 radical (unpaired) electrons. The summed E-state index contributed by atoms with van der Waals surface area (Å²) < 4.78 is 13.4. The van der Waals surface area contributed by atoms with Gasteiger partial charge in [-0.1, -0.05) is 23.7 Å². The molecule has 0 spiro atoms. The van der Waals surface area contributed by atoms with E-state index in [9.17, 15) is 4.39 Å². The number of pyridine rings is 1. The van der Waals surface area contributed by atoms with Crippen molar-refractivity contribution in [2.45, 2.75) is 13.0 Å². The van der Waals surface area contributed by atoms with E-state index in [1.165, 1.54) is 11.6 Å². The molecule has 1 aromatic heterocycles. The Kier molecular flexibility index (Phi) is 3.02. The molecular weight excluding hydrogens is 251 g/mol. The first-order chi connectivity index (χ1) is 8.74. The molecule has 0 fully saturated rings. The molecule has 0 saturated carbocycles. The molecule has 2 aromatic rings. The molecule has 1 N–H and O–H groups in total. The summed E-state index contributed by atoms with van der Waals surface area (Å²) in [4.78, 5) is 4.60. The van der Waals surface area contributed by atoms with E-state index in [2.05, 4.69) is 16.4 Å². The van der Waals surface area contributed by atoms with Gasteiger partial charge in [0, 0.05) is 30.8 Å². The lowest BCUT2D eigenvalue weighted by Crippen LogP contribution is -2.24. The molecular formula is C14H12ClFN2. The van der Waals surface area contributed by atoms with Crippen LogP contribution in [-0.4, -0.2) is 11.5 Å². The van der Waals surface area contributed by atoms with Crippen molar-refractivity contribution < 1.29 is 4.39 Å². The lowest BCUT2D eigenvalue weighted by atomic mass is 10.0. The van der Waals surface area contributed by atoms with E-state index in [1.54, 1.807) is 12.1 Å². The molecule has 2 nitrogen and oxygen atoms in total. The Morgan fingerprint density at radius 3 is 2.94 bits per heavy atom. The van der Waals surface area contributed by atoms with Crippen LogP contribution in [0.3, 0.4) is 0 Å². The van der Waals surface area contributed by atoms with Crippen molar-refractivity contribution in [3.63, 3.8) is 0 Å². The maximum absolute atomic E-state index is 13.4. The standard InChI is InChI=1S/C14H12ClFN2/c15-11-3-1-9(7-12(11)16)13-4-2-10-8-17-6-5-14(10)18-13/h1-4,7,17H,5-6,8H2. The fourth-order valence-corrected chi connectivity index (χ4v) is 2.27. The Balaban J connectivity index is 2.03. The average Bonchev–Trinajstić information content (AvgIpc) is 2.41. The molecule has 2 heterocycles. The number of hydrogen-bond acceptors (Lipinski definition) is 2. The summed E-state index contributed by atoms with van der Waals surface area (Å²) in [5.74, 6) is -0.407. The van der Waals surface area contributed by atoms with Crippen molar-refractivity contribution in [2.75, 3.05) is 6.54 Å². The highest BCUT2D eigenvalue weighted by Gasteiger charge is 2.12. The average molecular weight is 263 g/mol. The fourth-order valence-electron chi connectivity index (χ4n) is 2.15. The second-order valence-corrected chi connectivity index (χ2v) is 4.77. The zero-order chi connectivity index (χ0) is 12.5. The van der Waals surface area contributed by atoms with Gasteiger partial charge in [-0.15, -0.1) is 0 Å². The highest BCUT2D eigenvalue weighted by molar-refractivity contribution is 6.30. The molecule has 0 saturated heterocycles. The molecule has 3 rings (SSSR count). The number of nitrogens with one attached hydrogen (secondary N) is 1. The SMILES string of the molecule is Fc1cc(-c2ccc3c(n2)CCNC3)ccc1Cl. The second-order valence-electron chi connectivity index (χ2n) is 4.36. The van der Waals surface area contributed by atoms with Crippen LogP contribution in [0.2, 0.25) is 5.02 Å². The van der Waals surface area contributed by atoms with Gasteiger partial charge >= 0.3 is 0 Å². The predicted molar refractivity (Wildman–Crippen MR) is 70.1 cm³/mol. The van der Waals surface area contributed by atoms with Gasteiger partial charge in [0.2, 0.25) is 0 Å². The van der Waals surface area contributed by atoms with Crippen LogP contribution in [0.15, 0.2) is 30.3 Å². The number of hydrogen-bond donors (Lipinski definition) is 1. The lowest BCUT2D eigenvalue weighted by Gasteiger charge is -2.16. The first-order valence-corrected chi connectivity index (χ1v) is 6.27. The van der Waals surface area contributed by atoms with Crippen LogP contribution in [0.5, 0.6) is 0 Å². The topological polar surface area (TPSA) is 24.9 Å². The number of nitrogens with zero attached hydrogens (tertiary/aromatic N) is 1. The van der Waals surface area contributed by atoms with E-state index in [0.717, 1.165) is 36.5 Å². The summed E-state index contributed by atoms with van der Waals surface area (Å²) in [7, 11) is 0. The molecule has 0 atom stereocenters. The van der Waals surface area contributed by atoms with Gasteiger partial charge in [-0.2, -0.15) is 0 Å². The third kappa shape index (κ3) is 2.11. The van der Waals surface area contributed by atoms with E-state index in [4.69, 9.17) is 11.6 Å². The third-order valence-corrected chi connectivity index (χ3v) is 3.44. The molecule has 0 amide bonds. The first-order valence-electron chi connectivity index (χ1n) is 5.89. The molecule has 1 aromatic carbocycles. The normalized spacial score (nSPS) is 14.3. The van der Waals surface area contributed by atoms with Gasteiger partial charge in [0.15, 0.2) is 0 Å². The van der Waals surface area contributed by atoms with Crippen LogP contribution in [0, 0.1) is 5.82 Å². The van der Waals surface area contributed by atoms with Crippen molar-refractivity contribution in [1.29, 1.82) is 0 Å². The molecule has 1 aliphatic rings. The predicted octanol–water partition coefficient (Wildman–Crippen LogP) is 3.19. The highest BCUT2D eigenvalue weighted by Crippen LogP contribution is 2.24. The van der Waals surface area contributed by atoms with Crippen molar-refractivity contribution in [1.82, 2.24) is 10.3 Å². The van der Waals surface area contributed by atoms with Crippen LogP contribution in [0.1, 0.15) is 11.3 Å². The molecule has 0 aliphatic carbocycles. The number of rotatable bonds is 1. The van der Waals surface area contributed by atoms with Crippen LogP contribution in [-0.2, 0) is 13.0 Å². The molecule has 92 valence electrons. The number of halogens is 2. The molecule has 1 aliphatic heterocycles. The minimum absolute atomic E-state index is 0.140. The third-order valence-electron chi connectivity index (χ3n) is 3.14. The van der Waals surface area contributed by atoms with E-state index >= 15 is 0 Å².